The van der Waals surface area contributed by atoms with Crippen LogP contribution in [0.15, 0.2) is 11.6 Å². The summed E-state index contributed by atoms with van der Waals surface area (Å²) < 4.78 is 0. The molecule has 0 saturated heterocycles. The van der Waals surface area contributed by atoms with Crippen molar-refractivity contribution in [1.29, 1.82) is 0 Å². The average Bonchev–Trinajstić information content (AvgIpc) is 2.69. The molecule has 1 N–H and O–H groups in total. The van der Waals surface area contributed by atoms with Crippen molar-refractivity contribution < 1.29 is 0 Å². The maximum absolute atomic E-state index is 5.72. The molecule has 80 valence electrons. The first kappa shape index (κ1) is 12.0. The molecular formula is C10H17ClN2S. The van der Waals surface area contributed by atoms with E-state index >= 15 is 0 Å². The second kappa shape index (κ2) is 7.21. The van der Waals surface area contributed by atoms with Crippen LogP contribution in [0, 0.1) is 5.92 Å². The molecule has 1 heterocycles. The Morgan fingerprint density at radius 1 is 1.64 bits per heavy atom. The molecule has 0 aliphatic carbocycles. The first-order valence-corrected chi connectivity index (χ1v) is 6.39. The SMILES string of the molecule is CC(CCl)CCCNCc1nccs1. The number of nitrogens with one attached hydrogen (secondary N) is 1. The molecule has 0 bridgehead atoms. The largest absolute Gasteiger partial charge is 0.310 e. The van der Waals surface area contributed by atoms with Gasteiger partial charge in [-0.05, 0) is 25.3 Å². The van der Waals surface area contributed by atoms with Crippen molar-refractivity contribution in [2.45, 2.75) is 26.3 Å². The van der Waals surface area contributed by atoms with Crippen molar-refractivity contribution in [3.63, 3.8) is 0 Å². The molecule has 0 aliphatic heterocycles. The molecule has 1 aromatic rings. The third-order valence-electron chi connectivity index (χ3n) is 2.07. The van der Waals surface area contributed by atoms with Gasteiger partial charge >= 0.3 is 0 Å². The number of rotatable bonds is 7. The monoisotopic (exact) mass is 232 g/mol. The second-order valence-electron chi connectivity index (χ2n) is 3.50. The summed E-state index contributed by atoms with van der Waals surface area (Å²) in [5.41, 5.74) is 0. The Bertz CT molecular complexity index is 226. The van der Waals surface area contributed by atoms with Gasteiger partial charge in [-0.25, -0.2) is 4.98 Å². The number of aromatic nitrogens is 1. The topological polar surface area (TPSA) is 24.9 Å². The molecule has 1 aromatic heterocycles. The van der Waals surface area contributed by atoms with Gasteiger partial charge in [0.15, 0.2) is 0 Å². The lowest BCUT2D eigenvalue weighted by Gasteiger charge is -2.06. The van der Waals surface area contributed by atoms with Crippen LogP contribution in [0.1, 0.15) is 24.8 Å². The Balaban J connectivity index is 1.95. The van der Waals surface area contributed by atoms with E-state index in [9.17, 15) is 0 Å². The van der Waals surface area contributed by atoms with Gasteiger partial charge in [0, 0.05) is 24.0 Å². The van der Waals surface area contributed by atoms with Gasteiger partial charge in [0.2, 0.25) is 0 Å². The maximum atomic E-state index is 5.72. The van der Waals surface area contributed by atoms with Gasteiger partial charge in [0.1, 0.15) is 5.01 Å². The number of thiazole rings is 1. The number of nitrogens with zero attached hydrogens (tertiary/aromatic N) is 1. The minimum Gasteiger partial charge on any atom is -0.310 e. The molecule has 0 aromatic carbocycles. The highest BCUT2D eigenvalue weighted by Crippen LogP contribution is 2.07. The molecule has 0 radical (unpaired) electrons. The summed E-state index contributed by atoms with van der Waals surface area (Å²) in [6.45, 7) is 4.14. The van der Waals surface area contributed by atoms with Gasteiger partial charge in [0.25, 0.3) is 0 Å². The van der Waals surface area contributed by atoms with Gasteiger partial charge in [-0.2, -0.15) is 0 Å². The summed E-state index contributed by atoms with van der Waals surface area (Å²) >= 11 is 7.41. The molecular weight excluding hydrogens is 216 g/mol. The van der Waals surface area contributed by atoms with Gasteiger partial charge in [-0.3, -0.25) is 0 Å². The van der Waals surface area contributed by atoms with E-state index < -0.39 is 0 Å². The zero-order chi connectivity index (χ0) is 10.2. The summed E-state index contributed by atoms with van der Waals surface area (Å²) in [7, 11) is 0. The van der Waals surface area contributed by atoms with Crippen molar-refractivity contribution >= 4 is 22.9 Å². The molecule has 2 nitrogen and oxygen atoms in total. The quantitative estimate of drug-likeness (QED) is 0.578. The molecule has 0 fully saturated rings. The molecule has 1 rings (SSSR count). The fourth-order valence-corrected chi connectivity index (χ4v) is 1.93. The highest BCUT2D eigenvalue weighted by atomic mass is 35.5. The van der Waals surface area contributed by atoms with Gasteiger partial charge < -0.3 is 5.32 Å². The average molecular weight is 233 g/mol. The smallest absolute Gasteiger partial charge is 0.106 e. The van der Waals surface area contributed by atoms with Gasteiger partial charge in [-0.1, -0.05) is 6.92 Å². The summed E-state index contributed by atoms with van der Waals surface area (Å²) in [6.07, 6.45) is 4.24. The third kappa shape index (κ3) is 4.94. The molecule has 0 spiro atoms. The number of halogens is 1. The molecule has 4 heteroatoms. The Morgan fingerprint density at radius 2 is 2.50 bits per heavy atom. The van der Waals surface area contributed by atoms with E-state index in [1.54, 1.807) is 11.3 Å². The summed E-state index contributed by atoms with van der Waals surface area (Å²) in [6, 6.07) is 0. The predicted molar refractivity (Wildman–Crippen MR) is 62.9 cm³/mol. The van der Waals surface area contributed by atoms with Crippen LogP contribution in [0.2, 0.25) is 0 Å². The zero-order valence-corrected chi connectivity index (χ0v) is 10.1. The minimum absolute atomic E-state index is 0.637. The van der Waals surface area contributed by atoms with Crippen molar-refractivity contribution in [3.05, 3.63) is 16.6 Å². The zero-order valence-electron chi connectivity index (χ0n) is 8.50. The van der Waals surface area contributed by atoms with E-state index in [1.807, 2.05) is 11.6 Å². The van der Waals surface area contributed by atoms with Crippen LogP contribution < -0.4 is 5.32 Å². The summed E-state index contributed by atoms with van der Waals surface area (Å²) in [5.74, 6) is 1.41. The predicted octanol–water partition coefficient (Wildman–Crippen LogP) is 2.89. The van der Waals surface area contributed by atoms with Crippen molar-refractivity contribution in [2.24, 2.45) is 5.92 Å². The maximum Gasteiger partial charge on any atom is 0.106 e. The summed E-state index contributed by atoms with van der Waals surface area (Å²) in [4.78, 5) is 4.20. The molecule has 14 heavy (non-hydrogen) atoms. The minimum atomic E-state index is 0.637. The number of hydrogen-bond donors (Lipinski definition) is 1. The van der Waals surface area contributed by atoms with Crippen LogP contribution in [0.4, 0.5) is 0 Å². The Labute approximate surface area is 94.7 Å². The molecule has 1 unspecified atom stereocenters. The van der Waals surface area contributed by atoms with Crippen LogP contribution in [-0.4, -0.2) is 17.4 Å². The molecule has 0 amide bonds. The van der Waals surface area contributed by atoms with Gasteiger partial charge in [0.05, 0.1) is 0 Å². The van der Waals surface area contributed by atoms with Crippen LogP contribution in [0.3, 0.4) is 0 Å². The van der Waals surface area contributed by atoms with Crippen LogP contribution >= 0.6 is 22.9 Å². The Kier molecular flexibility index (Phi) is 6.15. The normalized spacial score (nSPS) is 13.0. The molecule has 1 atom stereocenters. The van der Waals surface area contributed by atoms with E-state index in [4.69, 9.17) is 11.6 Å². The standard InChI is InChI=1S/C10H17ClN2S/c1-9(7-11)3-2-4-12-8-10-13-5-6-14-10/h5-6,9,12H,2-4,7-8H2,1H3. The van der Waals surface area contributed by atoms with Gasteiger partial charge in [-0.15, -0.1) is 22.9 Å². The Morgan fingerprint density at radius 3 is 3.14 bits per heavy atom. The lowest BCUT2D eigenvalue weighted by atomic mass is 10.1. The molecule has 0 aliphatic rings. The lowest BCUT2D eigenvalue weighted by Crippen LogP contribution is -2.15. The summed E-state index contributed by atoms with van der Waals surface area (Å²) in [5, 5.41) is 6.54. The molecule has 0 saturated carbocycles. The van der Waals surface area contributed by atoms with Crippen LogP contribution in [0.5, 0.6) is 0 Å². The third-order valence-corrected chi connectivity index (χ3v) is 3.38. The van der Waals surface area contributed by atoms with Crippen molar-refractivity contribution in [3.8, 4) is 0 Å². The first-order chi connectivity index (χ1) is 6.83. The van der Waals surface area contributed by atoms with Crippen molar-refractivity contribution in [2.75, 3.05) is 12.4 Å². The fourth-order valence-electron chi connectivity index (χ4n) is 1.19. The fraction of sp³-hybridized carbons (Fsp3) is 0.700. The lowest BCUT2D eigenvalue weighted by molar-refractivity contribution is 0.531. The van der Waals surface area contributed by atoms with Crippen LogP contribution in [0.25, 0.3) is 0 Å². The van der Waals surface area contributed by atoms with Crippen molar-refractivity contribution in [1.82, 2.24) is 10.3 Å². The highest BCUT2D eigenvalue weighted by molar-refractivity contribution is 7.09. The first-order valence-electron chi connectivity index (χ1n) is 4.98. The van der Waals surface area contributed by atoms with E-state index in [0.29, 0.717) is 5.92 Å². The van der Waals surface area contributed by atoms with E-state index in [1.165, 1.54) is 12.8 Å². The number of hydrogen-bond acceptors (Lipinski definition) is 3. The van der Waals surface area contributed by atoms with E-state index in [2.05, 4.69) is 17.2 Å². The second-order valence-corrected chi connectivity index (χ2v) is 4.79. The number of alkyl halides is 1. The van der Waals surface area contributed by atoms with E-state index in [0.717, 1.165) is 24.0 Å². The van der Waals surface area contributed by atoms with Crippen LogP contribution in [-0.2, 0) is 6.54 Å². The Hall–Kier alpha value is -0.120. The highest BCUT2D eigenvalue weighted by Gasteiger charge is 1.99. The van der Waals surface area contributed by atoms with E-state index in [-0.39, 0.29) is 0 Å².